The number of benzene rings is 1. The van der Waals surface area contributed by atoms with Crippen molar-refractivity contribution in [2.45, 2.75) is 58.5 Å². The van der Waals surface area contributed by atoms with E-state index in [2.05, 4.69) is 0 Å². The molecular formula is C16H23FO2. The van der Waals surface area contributed by atoms with Crippen molar-refractivity contribution < 1.29 is 14.3 Å². The van der Waals surface area contributed by atoms with Crippen LogP contribution in [-0.4, -0.2) is 10.9 Å². The van der Waals surface area contributed by atoms with Gasteiger partial charge < -0.3 is 5.11 Å². The van der Waals surface area contributed by atoms with Gasteiger partial charge in [-0.25, -0.2) is 4.39 Å². The Morgan fingerprint density at radius 3 is 2.53 bits per heavy atom. The lowest BCUT2D eigenvalue weighted by Gasteiger charge is -2.28. The van der Waals surface area contributed by atoms with E-state index < -0.39 is 5.60 Å². The summed E-state index contributed by atoms with van der Waals surface area (Å²) in [5.74, 6) is -0.233. The van der Waals surface area contributed by atoms with Crippen LogP contribution < -0.4 is 0 Å². The zero-order valence-electron chi connectivity index (χ0n) is 12.0. The molecule has 0 fully saturated rings. The molecule has 3 heteroatoms. The van der Waals surface area contributed by atoms with Gasteiger partial charge >= 0.3 is 0 Å². The van der Waals surface area contributed by atoms with Crippen molar-refractivity contribution in [3.05, 3.63) is 35.1 Å². The van der Waals surface area contributed by atoms with Gasteiger partial charge in [-0.3, -0.25) is 4.79 Å². The third-order valence-electron chi connectivity index (χ3n) is 3.38. The number of halogens is 1. The number of ketones is 1. The number of hydrogen-bond donors (Lipinski definition) is 1. The molecule has 0 bridgehead atoms. The van der Waals surface area contributed by atoms with E-state index in [9.17, 15) is 14.3 Å². The number of carbonyl (C=O) groups excluding carboxylic acids is 1. The average Bonchev–Trinajstić information content (AvgIpc) is 2.33. The Labute approximate surface area is 114 Å². The van der Waals surface area contributed by atoms with Gasteiger partial charge in [-0.05, 0) is 37.0 Å². The summed E-state index contributed by atoms with van der Waals surface area (Å²) in [5.41, 5.74) is -0.0351. The van der Waals surface area contributed by atoms with Crippen LogP contribution in [0.4, 0.5) is 4.39 Å². The van der Waals surface area contributed by atoms with Gasteiger partial charge in [0.15, 0.2) is 0 Å². The second kappa shape index (κ2) is 6.80. The highest BCUT2D eigenvalue weighted by Crippen LogP contribution is 2.32. The van der Waals surface area contributed by atoms with E-state index in [1.54, 1.807) is 19.1 Å². The van der Waals surface area contributed by atoms with Crippen molar-refractivity contribution in [3.8, 4) is 0 Å². The normalized spacial score (nSPS) is 14.2. The maximum atomic E-state index is 13.3. The average molecular weight is 266 g/mol. The van der Waals surface area contributed by atoms with E-state index in [-0.39, 0.29) is 18.0 Å². The number of aliphatic hydroxyl groups is 1. The lowest BCUT2D eigenvalue weighted by molar-refractivity contribution is -0.124. The van der Waals surface area contributed by atoms with Crippen molar-refractivity contribution in [2.24, 2.45) is 0 Å². The van der Waals surface area contributed by atoms with Gasteiger partial charge in [0.1, 0.15) is 11.6 Å². The molecule has 0 amide bonds. The molecule has 0 aromatic heterocycles. The van der Waals surface area contributed by atoms with Gasteiger partial charge in [-0.2, -0.15) is 0 Å². The van der Waals surface area contributed by atoms with Gasteiger partial charge in [0.2, 0.25) is 0 Å². The Hall–Kier alpha value is -1.22. The molecule has 0 aliphatic heterocycles. The fraction of sp³-hybridized carbons (Fsp3) is 0.562. The molecule has 0 heterocycles. The molecule has 1 aromatic rings. The Bertz CT molecular complexity index is 442. The summed E-state index contributed by atoms with van der Waals surface area (Å²) in [6, 6.07) is 4.58. The highest BCUT2D eigenvalue weighted by molar-refractivity contribution is 5.79. The summed E-state index contributed by atoms with van der Waals surface area (Å²) < 4.78 is 13.3. The summed E-state index contributed by atoms with van der Waals surface area (Å²) in [6.45, 7) is 5.57. The quantitative estimate of drug-likeness (QED) is 0.813. The Morgan fingerprint density at radius 2 is 2.00 bits per heavy atom. The first-order valence-corrected chi connectivity index (χ1v) is 6.93. The number of hydrogen-bond acceptors (Lipinski definition) is 2. The van der Waals surface area contributed by atoms with Crippen LogP contribution in [0.15, 0.2) is 18.2 Å². The molecule has 0 radical (unpaired) electrons. The van der Waals surface area contributed by atoms with Crippen LogP contribution in [0.3, 0.4) is 0 Å². The first kappa shape index (κ1) is 15.8. The molecule has 1 atom stereocenters. The Morgan fingerprint density at radius 1 is 1.32 bits per heavy atom. The van der Waals surface area contributed by atoms with Gasteiger partial charge in [0, 0.05) is 12.8 Å². The van der Waals surface area contributed by atoms with E-state index in [0.717, 1.165) is 12.8 Å². The first-order chi connectivity index (χ1) is 8.92. The fourth-order valence-electron chi connectivity index (χ4n) is 2.38. The van der Waals surface area contributed by atoms with Gasteiger partial charge in [-0.15, -0.1) is 0 Å². The van der Waals surface area contributed by atoms with Crippen LogP contribution in [0.5, 0.6) is 0 Å². The third kappa shape index (κ3) is 4.13. The standard InChI is InChI=1S/C16H23FO2/c1-4-6-14(18)11-16(19,9-5-2)13-7-8-15(17)12(3)10-13/h7-8,10,19H,4-6,9,11H2,1-3H3. The van der Waals surface area contributed by atoms with E-state index in [1.165, 1.54) is 6.07 Å². The molecule has 1 rings (SSSR count). The number of Topliss-reactive ketones (excluding diaryl/α,β-unsaturated/α-hetero) is 1. The van der Waals surface area contributed by atoms with Crippen LogP contribution >= 0.6 is 0 Å². The minimum atomic E-state index is -1.17. The molecule has 0 spiro atoms. The SMILES string of the molecule is CCCC(=O)CC(O)(CCC)c1ccc(F)c(C)c1. The van der Waals surface area contributed by atoms with Gasteiger partial charge in [0.05, 0.1) is 5.60 Å². The molecule has 0 saturated carbocycles. The Balaban J connectivity index is 3.02. The van der Waals surface area contributed by atoms with Crippen LogP contribution in [0.25, 0.3) is 0 Å². The van der Waals surface area contributed by atoms with E-state index >= 15 is 0 Å². The van der Waals surface area contributed by atoms with Gasteiger partial charge in [-0.1, -0.05) is 32.4 Å². The summed E-state index contributed by atoms with van der Waals surface area (Å²) in [7, 11) is 0. The first-order valence-electron chi connectivity index (χ1n) is 6.93. The van der Waals surface area contributed by atoms with Crippen LogP contribution in [0.2, 0.25) is 0 Å². The fourth-order valence-corrected chi connectivity index (χ4v) is 2.38. The summed E-state index contributed by atoms with van der Waals surface area (Å²) in [6.07, 6.45) is 2.65. The molecular weight excluding hydrogens is 243 g/mol. The minimum absolute atomic E-state index is 0.0560. The molecule has 1 N–H and O–H groups in total. The lowest BCUT2D eigenvalue weighted by Crippen LogP contribution is -2.29. The minimum Gasteiger partial charge on any atom is -0.385 e. The largest absolute Gasteiger partial charge is 0.385 e. The Kier molecular flexibility index (Phi) is 5.67. The predicted molar refractivity (Wildman–Crippen MR) is 74.5 cm³/mol. The van der Waals surface area contributed by atoms with Crippen LogP contribution in [0, 0.1) is 12.7 Å². The molecule has 0 aliphatic carbocycles. The van der Waals surface area contributed by atoms with Crippen LogP contribution in [0.1, 0.15) is 57.1 Å². The topological polar surface area (TPSA) is 37.3 Å². The van der Waals surface area contributed by atoms with Crippen molar-refractivity contribution >= 4 is 5.78 Å². The summed E-state index contributed by atoms with van der Waals surface area (Å²) >= 11 is 0. The number of rotatable bonds is 7. The van der Waals surface area contributed by atoms with Crippen LogP contribution in [-0.2, 0) is 10.4 Å². The predicted octanol–water partition coefficient (Wildman–Crippen LogP) is 3.88. The van der Waals surface area contributed by atoms with Crippen molar-refractivity contribution in [1.82, 2.24) is 0 Å². The molecule has 106 valence electrons. The molecule has 19 heavy (non-hydrogen) atoms. The summed E-state index contributed by atoms with van der Waals surface area (Å²) in [4.78, 5) is 11.8. The molecule has 0 saturated heterocycles. The molecule has 1 aromatic carbocycles. The molecule has 2 nitrogen and oxygen atoms in total. The maximum Gasteiger partial charge on any atom is 0.136 e. The highest BCUT2D eigenvalue weighted by Gasteiger charge is 2.31. The van der Waals surface area contributed by atoms with E-state index in [1.807, 2.05) is 13.8 Å². The van der Waals surface area contributed by atoms with E-state index in [0.29, 0.717) is 24.0 Å². The smallest absolute Gasteiger partial charge is 0.136 e. The zero-order chi connectivity index (χ0) is 14.5. The summed E-state index contributed by atoms with van der Waals surface area (Å²) in [5, 5.41) is 10.8. The highest BCUT2D eigenvalue weighted by atomic mass is 19.1. The third-order valence-corrected chi connectivity index (χ3v) is 3.38. The molecule has 1 unspecified atom stereocenters. The molecule has 0 aliphatic rings. The van der Waals surface area contributed by atoms with E-state index in [4.69, 9.17) is 0 Å². The maximum absolute atomic E-state index is 13.3. The lowest BCUT2D eigenvalue weighted by atomic mass is 9.83. The number of aryl methyl sites for hydroxylation is 1. The van der Waals surface area contributed by atoms with Crippen molar-refractivity contribution in [1.29, 1.82) is 0 Å². The monoisotopic (exact) mass is 266 g/mol. The number of carbonyl (C=O) groups is 1. The second-order valence-corrected chi connectivity index (χ2v) is 5.21. The van der Waals surface area contributed by atoms with Gasteiger partial charge in [0.25, 0.3) is 0 Å². The second-order valence-electron chi connectivity index (χ2n) is 5.21. The van der Waals surface area contributed by atoms with Crippen molar-refractivity contribution in [2.75, 3.05) is 0 Å². The zero-order valence-corrected chi connectivity index (χ0v) is 12.0. The van der Waals surface area contributed by atoms with Crippen molar-refractivity contribution in [3.63, 3.8) is 0 Å².